The van der Waals surface area contributed by atoms with Crippen LogP contribution in [0.5, 0.6) is 5.75 Å². The number of anilines is 1. The van der Waals surface area contributed by atoms with Crippen molar-refractivity contribution >= 4 is 22.7 Å². The topological polar surface area (TPSA) is 74.6 Å². The number of nitrogens with zero attached hydrogens (tertiary/aromatic N) is 2. The maximum Gasteiger partial charge on any atom is 0.306 e. The first kappa shape index (κ1) is 22.9. The van der Waals surface area contributed by atoms with Crippen LogP contribution in [0.3, 0.4) is 0 Å². The number of esters is 1. The number of imidazole rings is 1. The molecule has 1 aliphatic heterocycles. The van der Waals surface area contributed by atoms with Gasteiger partial charge in [0.1, 0.15) is 24.8 Å². The second-order valence-electron chi connectivity index (χ2n) is 8.60. The standard InChI is InChI=1S/C28H29N3O4/c1-4-28(32)35-26-16-34-25-14-20(12-13-21(25)26)29-15-19-8-7-11-23(18(19)2)31-24-10-6-5-9-22(24)30-27(31)17-33-3/h5-14,26,29H,4,15-17H2,1-3H3/t26-/m1/s1. The smallest absolute Gasteiger partial charge is 0.306 e. The van der Waals surface area contributed by atoms with Gasteiger partial charge in [-0.1, -0.05) is 31.2 Å². The van der Waals surface area contributed by atoms with Crippen molar-refractivity contribution in [1.82, 2.24) is 9.55 Å². The van der Waals surface area contributed by atoms with Gasteiger partial charge < -0.3 is 19.5 Å². The van der Waals surface area contributed by atoms with E-state index in [-0.39, 0.29) is 12.1 Å². The molecule has 7 heteroatoms. The lowest BCUT2D eigenvalue weighted by atomic mass is 10.1. The van der Waals surface area contributed by atoms with Crippen LogP contribution in [-0.4, -0.2) is 29.2 Å². The van der Waals surface area contributed by atoms with Crippen LogP contribution in [0.2, 0.25) is 0 Å². The number of nitrogens with one attached hydrogen (secondary N) is 1. The van der Waals surface area contributed by atoms with Crippen LogP contribution in [0.1, 0.15) is 42.0 Å². The predicted octanol–water partition coefficient (Wildman–Crippen LogP) is 5.48. The number of hydrogen-bond donors (Lipinski definition) is 1. The molecule has 0 aliphatic carbocycles. The highest BCUT2D eigenvalue weighted by atomic mass is 16.6. The Morgan fingerprint density at radius 2 is 2.03 bits per heavy atom. The van der Waals surface area contributed by atoms with Gasteiger partial charge in [0.05, 0.1) is 16.7 Å². The van der Waals surface area contributed by atoms with Crippen LogP contribution in [0, 0.1) is 6.92 Å². The third kappa shape index (κ3) is 4.47. The first-order valence-corrected chi connectivity index (χ1v) is 11.8. The SMILES string of the molecule is CCC(=O)O[C@@H]1COc2cc(NCc3cccc(-n4c(COC)nc5ccccc54)c3C)ccc21. The van der Waals surface area contributed by atoms with Crippen molar-refractivity contribution in [3.8, 4) is 11.4 Å². The van der Waals surface area contributed by atoms with E-state index in [9.17, 15) is 4.79 Å². The second kappa shape index (κ2) is 9.80. The molecular formula is C28H29N3O4. The van der Waals surface area contributed by atoms with E-state index in [1.165, 1.54) is 11.1 Å². The molecular weight excluding hydrogens is 442 g/mol. The van der Waals surface area contributed by atoms with Crippen molar-refractivity contribution in [2.45, 2.75) is 39.5 Å². The van der Waals surface area contributed by atoms with E-state index < -0.39 is 0 Å². The number of rotatable bonds is 8. The fourth-order valence-corrected chi connectivity index (χ4v) is 4.50. The summed E-state index contributed by atoms with van der Waals surface area (Å²) in [4.78, 5) is 16.5. The number of carbonyl (C=O) groups is 1. The molecule has 0 bridgehead atoms. The van der Waals surface area contributed by atoms with Crippen molar-refractivity contribution in [2.24, 2.45) is 0 Å². The van der Waals surface area contributed by atoms with Gasteiger partial charge in [-0.15, -0.1) is 0 Å². The monoisotopic (exact) mass is 471 g/mol. The van der Waals surface area contributed by atoms with Crippen molar-refractivity contribution in [2.75, 3.05) is 19.0 Å². The highest BCUT2D eigenvalue weighted by molar-refractivity contribution is 5.78. The van der Waals surface area contributed by atoms with Crippen LogP contribution < -0.4 is 10.1 Å². The predicted molar refractivity (Wildman–Crippen MR) is 135 cm³/mol. The fourth-order valence-electron chi connectivity index (χ4n) is 4.50. The highest BCUT2D eigenvalue weighted by Gasteiger charge is 2.27. The molecule has 5 rings (SSSR count). The van der Waals surface area contributed by atoms with Crippen LogP contribution in [0.25, 0.3) is 16.7 Å². The summed E-state index contributed by atoms with van der Waals surface area (Å²) in [6, 6.07) is 20.4. The molecule has 2 heterocycles. The van der Waals surface area contributed by atoms with Gasteiger partial charge in [-0.05, 0) is 48.4 Å². The molecule has 0 saturated carbocycles. The minimum Gasteiger partial charge on any atom is -0.489 e. The summed E-state index contributed by atoms with van der Waals surface area (Å²) in [6.07, 6.45) is 0.0165. The first-order chi connectivity index (χ1) is 17.1. The molecule has 1 aliphatic rings. The summed E-state index contributed by atoms with van der Waals surface area (Å²) in [5, 5.41) is 3.51. The van der Waals surface area contributed by atoms with Gasteiger partial charge in [0, 0.05) is 37.4 Å². The zero-order valence-electron chi connectivity index (χ0n) is 20.2. The van der Waals surface area contributed by atoms with E-state index in [4.69, 9.17) is 19.2 Å². The van der Waals surface area contributed by atoms with Crippen molar-refractivity contribution in [3.63, 3.8) is 0 Å². The highest BCUT2D eigenvalue weighted by Crippen LogP contribution is 2.37. The lowest BCUT2D eigenvalue weighted by Gasteiger charge is -2.16. The zero-order chi connectivity index (χ0) is 24.4. The number of methoxy groups -OCH3 is 1. The average molecular weight is 472 g/mol. The summed E-state index contributed by atoms with van der Waals surface area (Å²) < 4.78 is 18.9. The van der Waals surface area contributed by atoms with Crippen molar-refractivity contribution in [1.29, 1.82) is 0 Å². The van der Waals surface area contributed by atoms with Crippen LogP contribution in [0.15, 0.2) is 60.7 Å². The van der Waals surface area contributed by atoms with E-state index >= 15 is 0 Å². The van der Waals surface area contributed by atoms with E-state index in [2.05, 4.69) is 41.1 Å². The molecule has 0 fully saturated rings. The number of fused-ring (bicyclic) bond motifs is 2. The molecule has 7 nitrogen and oxygen atoms in total. The van der Waals surface area contributed by atoms with Gasteiger partial charge in [-0.3, -0.25) is 9.36 Å². The Morgan fingerprint density at radius 3 is 2.86 bits per heavy atom. The Hall–Kier alpha value is -3.84. The largest absolute Gasteiger partial charge is 0.489 e. The lowest BCUT2D eigenvalue weighted by Crippen LogP contribution is -2.11. The van der Waals surface area contributed by atoms with Crippen molar-refractivity contribution < 1.29 is 19.0 Å². The summed E-state index contributed by atoms with van der Waals surface area (Å²) in [7, 11) is 1.69. The zero-order valence-corrected chi connectivity index (χ0v) is 20.2. The molecule has 1 aromatic heterocycles. The minimum absolute atomic E-state index is 0.219. The third-order valence-electron chi connectivity index (χ3n) is 6.36. The van der Waals surface area contributed by atoms with Gasteiger partial charge in [0.15, 0.2) is 6.10 Å². The Morgan fingerprint density at radius 1 is 1.17 bits per heavy atom. The number of carbonyl (C=O) groups excluding carboxylic acids is 1. The van der Waals surface area contributed by atoms with Crippen LogP contribution in [0.4, 0.5) is 5.69 Å². The molecule has 1 N–H and O–H groups in total. The molecule has 0 spiro atoms. The molecule has 4 aromatic rings. The van der Waals surface area contributed by atoms with E-state index in [0.29, 0.717) is 26.2 Å². The molecule has 35 heavy (non-hydrogen) atoms. The number of hydrogen-bond acceptors (Lipinski definition) is 6. The van der Waals surface area contributed by atoms with Gasteiger partial charge >= 0.3 is 5.97 Å². The fraction of sp³-hybridized carbons (Fsp3) is 0.286. The molecule has 0 amide bonds. The van der Waals surface area contributed by atoms with Gasteiger partial charge in [0.2, 0.25) is 0 Å². The average Bonchev–Trinajstić information content (AvgIpc) is 3.44. The quantitative estimate of drug-likeness (QED) is 0.343. The first-order valence-electron chi connectivity index (χ1n) is 11.8. The normalized spacial score (nSPS) is 14.5. The van der Waals surface area contributed by atoms with E-state index in [1.807, 2.05) is 36.4 Å². The number of para-hydroxylation sites is 2. The van der Waals surface area contributed by atoms with E-state index in [1.54, 1.807) is 14.0 Å². The molecule has 0 radical (unpaired) electrons. The van der Waals surface area contributed by atoms with Gasteiger partial charge in [-0.2, -0.15) is 0 Å². The second-order valence-corrected chi connectivity index (χ2v) is 8.60. The van der Waals surface area contributed by atoms with Gasteiger partial charge in [-0.25, -0.2) is 4.98 Å². The lowest BCUT2D eigenvalue weighted by molar-refractivity contribution is -0.149. The Balaban J connectivity index is 1.38. The molecule has 1 atom stereocenters. The van der Waals surface area contributed by atoms with Crippen LogP contribution in [-0.2, 0) is 27.4 Å². The molecule has 0 saturated heterocycles. The third-order valence-corrected chi connectivity index (χ3v) is 6.36. The maximum absolute atomic E-state index is 11.7. The Bertz CT molecular complexity index is 1380. The van der Waals surface area contributed by atoms with Crippen molar-refractivity contribution in [3.05, 3.63) is 83.2 Å². The summed E-state index contributed by atoms with van der Waals surface area (Å²) in [5.41, 5.74) is 7.30. The minimum atomic E-state index is -0.336. The maximum atomic E-state index is 11.7. The number of aromatic nitrogens is 2. The molecule has 3 aromatic carbocycles. The van der Waals surface area contributed by atoms with Crippen LogP contribution >= 0.6 is 0 Å². The summed E-state index contributed by atoms with van der Waals surface area (Å²) in [5.74, 6) is 1.41. The summed E-state index contributed by atoms with van der Waals surface area (Å²) >= 11 is 0. The number of ether oxygens (including phenoxy) is 3. The molecule has 0 unspecified atom stereocenters. The number of benzene rings is 3. The molecule has 180 valence electrons. The summed E-state index contributed by atoms with van der Waals surface area (Å²) in [6.45, 7) is 5.36. The Kier molecular flexibility index (Phi) is 6.42. The van der Waals surface area contributed by atoms with Gasteiger partial charge in [0.25, 0.3) is 0 Å². The van der Waals surface area contributed by atoms with E-state index in [0.717, 1.165) is 39.5 Å². The Labute approximate surface area is 204 Å².